The number of halogens is 1. The number of carbonyl (C=O) groups excluding carboxylic acids is 1. The van der Waals surface area contributed by atoms with Gasteiger partial charge in [-0.25, -0.2) is 4.98 Å². The molecule has 8 nitrogen and oxygen atoms in total. The van der Waals surface area contributed by atoms with Gasteiger partial charge in [-0.05, 0) is 66.9 Å². The minimum atomic E-state index is -0.364. The van der Waals surface area contributed by atoms with Crippen LogP contribution in [0.5, 0.6) is 10.9 Å². The van der Waals surface area contributed by atoms with Crippen LogP contribution in [0.2, 0.25) is 5.15 Å². The van der Waals surface area contributed by atoms with Gasteiger partial charge in [0.25, 0.3) is 11.1 Å². The van der Waals surface area contributed by atoms with Crippen LogP contribution in [0.1, 0.15) is 56.1 Å². The van der Waals surface area contributed by atoms with Crippen molar-refractivity contribution in [3.8, 4) is 22.1 Å². The molecule has 192 valence electrons. The van der Waals surface area contributed by atoms with Gasteiger partial charge in [0.15, 0.2) is 0 Å². The van der Waals surface area contributed by atoms with Crippen molar-refractivity contribution in [1.82, 2.24) is 20.2 Å². The van der Waals surface area contributed by atoms with Crippen molar-refractivity contribution in [3.63, 3.8) is 0 Å². The Morgan fingerprint density at radius 2 is 1.94 bits per heavy atom. The molecule has 1 amide bonds. The molecule has 10 heteroatoms. The van der Waals surface area contributed by atoms with Crippen molar-refractivity contribution >= 4 is 34.0 Å². The molecule has 36 heavy (non-hydrogen) atoms. The molecule has 0 radical (unpaired) electrons. The average molecular weight is 530 g/mol. The maximum absolute atomic E-state index is 13.2. The Morgan fingerprint density at radius 3 is 2.67 bits per heavy atom. The van der Waals surface area contributed by atoms with Crippen LogP contribution in [0.25, 0.3) is 11.1 Å². The lowest BCUT2D eigenvalue weighted by Gasteiger charge is -2.16. The molecule has 0 aliphatic heterocycles. The number of amides is 1. The Balaban J connectivity index is 1.47. The Bertz CT molecular complexity index is 1220. The van der Waals surface area contributed by atoms with Gasteiger partial charge < -0.3 is 9.47 Å². The number of aryl methyl sites for hydroxylation is 1. The fourth-order valence-corrected chi connectivity index (χ4v) is 5.68. The standard InChI is InChI=1S/C26H32ClN5O3S/c1-6-16-8-17(14(2)3)9-18(16)13-35-26-32-31-25(36-26)30-24(33)21-11-28-15(4)7-19(21)20-10-23(27)29-12-22(20)34-5/h7,10-12,14,16-18H,6,8-9,13H2,1-5H3,(H,30,31,33). The zero-order chi connectivity index (χ0) is 25.8. The number of hydrogen-bond acceptors (Lipinski definition) is 8. The molecule has 1 N–H and O–H groups in total. The molecule has 4 rings (SSSR count). The predicted molar refractivity (Wildman–Crippen MR) is 142 cm³/mol. The highest BCUT2D eigenvalue weighted by Crippen LogP contribution is 2.42. The number of aromatic nitrogens is 4. The van der Waals surface area contributed by atoms with Crippen LogP contribution in [0.3, 0.4) is 0 Å². The van der Waals surface area contributed by atoms with Gasteiger partial charge in [-0.1, -0.05) is 43.9 Å². The molecule has 3 heterocycles. The third-order valence-electron chi connectivity index (χ3n) is 7.02. The van der Waals surface area contributed by atoms with Gasteiger partial charge in [0.05, 0.1) is 25.5 Å². The van der Waals surface area contributed by atoms with E-state index in [4.69, 9.17) is 21.1 Å². The minimum absolute atomic E-state index is 0.296. The number of methoxy groups -OCH3 is 1. The summed E-state index contributed by atoms with van der Waals surface area (Å²) in [6.45, 7) is 9.33. The molecule has 3 atom stereocenters. The molecule has 0 aromatic carbocycles. The molecule has 3 unspecified atom stereocenters. The molecule has 0 bridgehead atoms. The van der Waals surface area contributed by atoms with Gasteiger partial charge in [-0.3, -0.25) is 15.1 Å². The van der Waals surface area contributed by atoms with E-state index < -0.39 is 0 Å². The van der Waals surface area contributed by atoms with E-state index in [1.165, 1.54) is 36.6 Å². The van der Waals surface area contributed by atoms with Crippen LogP contribution in [-0.4, -0.2) is 39.8 Å². The lowest BCUT2D eigenvalue weighted by molar-refractivity contribution is 0.102. The maximum atomic E-state index is 13.2. The van der Waals surface area contributed by atoms with Crippen molar-refractivity contribution in [2.24, 2.45) is 23.7 Å². The molecule has 1 aliphatic rings. The van der Waals surface area contributed by atoms with E-state index >= 15 is 0 Å². The highest BCUT2D eigenvalue weighted by atomic mass is 35.5. The molecule has 3 aromatic heterocycles. The second kappa shape index (κ2) is 11.5. The van der Waals surface area contributed by atoms with E-state index in [1.54, 1.807) is 13.2 Å². The summed E-state index contributed by atoms with van der Waals surface area (Å²) in [4.78, 5) is 21.6. The fourth-order valence-electron chi connectivity index (χ4n) is 4.92. The molecule has 3 aromatic rings. The molecule has 1 saturated carbocycles. The number of carbonyl (C=O) groups is 1. The average Bonchev–Trinajstić information content (AvgIpc) is 3.49. The van der Waals surface area contributed by atoms with Gasteiger partial charge >= 0.3 is 0 Å². The van der Waals surface area contributed by atoms with Gasteiger partial charge in [0.2, 0.25) is 5.13 Å². The van der Waals surface area contributed by atoms with Crippen LogP contribution in [0.4, 0.5) is 5.13 Å². The Morgan fingerprint density at radius 1 is 1.17 bits per heavy atom. The first-order chi connectivity index (χ1) is 17.3. The SMILES string of the molecule is CCC1CC(C(C)C)CC1COc1nnc(NC(=O)c2cnc(C)cc2-c2cc(Cl)ncc2OC)s1. The van der Waals surface area contributed by atoms with Gasteiger partial charge in [-0.15, -0.1) is 5.10 Å². The zero-order valence-electron chi connectivity index (χ0n) is 21.2. The maximum Gasteiger partial charge on any atom is 0.295 e. The summed E-state index contributed by atoms with van der Waals surface area (Å²) in [7, 11) is 1.54. The smallest absolute Gasteiger partial charge is 0.295 e. The third-order valence-corrected chi connectivity index (χ3v) is 7.98. The molecular weight excluding hydrogens is 498 g/mol. The van der Waals surface area contributed by atoms with E-state index in [9.17, 15) is 4.79 Å². The first kappa shape index (κ1) is 26.3. The van der Waals surface area contributed by atoms with Gasteiger partial charge in [0.1, 0.15) is 10.9 Å². The number of ether oxygens (including phenoxy) is 2. The van der Waals surface area contributed by atoms with E-state index in [1.807, 2.05) is 13.0 Å². The topological polar surface area (TPSA) is 99.1 Å². The summed E-state index contributed by atoms with van der Waals surface area (Å²) in [5, 5.41) is 12.2. The summed E-state index contributed by atoms with van der Waals surface area (Å²) in [6, 6.07) is 3.48. The van der Waals surface area contributed by atoms with E-state index in [0.717, 1.165) is 18.0 Å². The monoisotopic (exact) mass is 529 g/mol. The highest BCUT2D eigenvalue weighted by Gasteiger charge is 2.35. The Kier molecular flexibility index (Phi) is 8.41. The number of nitrogens with one attached hydrogen (secondary N) is 1. The second-order valence-corrected chi connectivity index (χ2v) is 10.9. The first-order valence-corrected chi connectivity index (χ1v) is 13.4. The number of anilines is 1. The first-order valence-electron chi connectivity index (χ1n) is 12.2. The van der Waals surface area contributed by atoms with Crippen molar-refractivity contribution in [2.75, 3.05) is 19.0 Å². The van der Waals surface area contributed by atoms with Crippen LogP contribution in [0.15, 0.2) is 24.5 Å². The summed E-state index contributed by atoms with van der Waals surface area (Å²) in [5.74, 6) is 2.78. The molecule has 1 aliphatic carbocycles. The highest BCUT2D eigenvalue weighted by molar-refractivity contribution is 7.17. The van der Waals surface area contributed by atoms with Crippen molar-refractivity contribution in [2.45, 2.75) is 47.0 Å². The number of nitrogens with zero attached hydrogens (tertiary/aromatic N) is 4. The van der Waals surface area contributed by atoms with Crippen LogP contribution >= 0.6 is 22.9 Å². The van der Waals surface area contributed by atoms with Crippen molar-refractivity contribution < 1.29 is 14.3 Å². The normalized spacial score (nSPS) is 19.5. The second-order valence-electron chi connectivity index (χ2n) is 9.62. The number of hydrogen-bond donors (Lipinski definition) is 1. The predicted octanol–water partition coefficient (Wildman–Crippen LogP) is 6.31. The molecule has 1 fully saturated rings. The van der Waals surface area contributed by atoms with E-state index in [-0.39, 0.29) is 5.91 Å². The fraction of sp³-hybridized carbons (Fsp3) is 0.500. The Labute approximate surface area is 220 Å². The summed E-state index contributed by atoms with van der Waals surface area (Å²) < 4.78 is 11.5. The van der Waals surface area contributed by atoms with E-state index in [2.05, 4.69) is 46.3 Å². The number of rotatable bonds is 9. The number of pyridine rings is 2. The third kappa shape index (κ3) is 5.95. The molecule has 0 saturated heterocycles. The molecular formula is C26H32ClN5O3S. The van der Waals surface area contributed by atoms with Crippen molar-refractivity contribution in [3.05, 3.63) is 40.9 Å². The largest absolute Gasteiger partial charge is 0.494 e. The summed E-state index contributed by atoms with van der Waals surface area (Å²) in [5.41, 5.74) is 2.39. The minimum Gasteiger partial charge on any atom is -0.494 e. The van der Waals surface area contributed by atoms with Crippen LogP contribution < -0.4 is 14.8 Å². The summed E-state index contributed by atoms with van der Waals surface area (Å²) >= 11 is 7.35. The Hall–Kier alpha value is -2.78. The van der Waals surface area contributed by atoms with Crippen molar-refractivity contribution in [1.29, 1.82) is 0 Å². The quantitative estimate of drug-likeness (QED) is 0.324. The van der Waals surface area contributed by atoms with Crippen LogP contribution in [-0.2, 0) is 0 Å². The summed E-state index contributed by atoms with van der Waals surface area (Å²) in [6.07, 6.45) is 6.67. The van der Waals surface area contributed by atoms with Gasteiger partial charge in [0, 0.05) is 23.0 Å². The lowest BCUT2D eigenvalue weighted by Crippen LogP contribution is -2.16. The molecule has 0 spiro atoms. The van der Waals surface area contributed by atoms with Gasteiger partial charge in [-0.2, -0.15) is 0 Å². The van der Waals surface area contributed by atoms with Crippen LogP contribution in [0, 0.1) is 30.6 Å². The lowest BCUT2D eigenvalue weighted by atomic mass is 9.93. The van der Waals surface area contributed by atoms with E-state index in [0.29, 0.717) is 62.3 Å². The zero-order valence-corrected chi connectivity index (χ0v) is 22.8.